The molecule has 0 aromatic heterocycles. The third-order valence-corrected chi connectivity index (χ3v) is 5.45. The average Bonchev–Trinajstić information content (AvgIpc) is 2.73. The van der Waals surface area contributed by atoms with Gasteiger partial charge in [0.05, 0.1) is 0 Å². The van der Waals surface area contributed by atoms with Gasteiger partial charge in [-0.15, -0.1) is 0 Å². The maximum Gasteiger partial charge on any atom is 0.0499 e. The molecule has 1 atom stereocenters. The topological polar surface area (TPSA) is 23.5 Å². The van der Waals surface area contributed by atoms with E-state index >= 15 is 0 Å². The van der Waals surface area contributed by atoms with E-state index in [1.807, 2.05) is 18.2 Å². The van der Waals surface area contributed by atoms with Crippen LogP contribution in [0.4, 0.5) is 0 Å². The molecule has 0 bridgehead atoms. The van der Waals surface area contributed by atoms with Crippen LogP contribution in [0.1, 0.15) is 57.1 Å². The Kier molecular flexibility index (Phi) is 6.09. The number of hydrogen-bond donors (Lipinski definition) is 1. The zero-order valence-electron chi connectivity index (χ0n) is 13.3. The van der Waals surface area contributed by atoms with Crippen molar-refractivity contribution in [2.45, 2.75) is 51.5 Å². The summed E-state index contributed by atoms with van der Waals surface area (Å²) in [5, 5.41) is 10.8. The molecule has 0 aliphatic heterocycles. The van der Waals surface area contributed by atoms with Gasteiger partial charge in [-0.25, -0.2) is 0 Å². The van der Waals surface area contributed by atoms with Crippen LogP contribution in [0.5, 0.6) is 0 Å². The maximum atomic E-state index is 9.97. The highest BCUT2D eigenvalue weighted by Gasteiger charge is 2.32. The summed E-state index contributed by atoms with van der Waals surface area (Å²) in [6, 6.07) is 8.33. The number of nitrogens with zero attached hydrogens (tertiary/aromatic N) is 1. The van der Waals surface area contributed by atoms with E-state index in [0.717, 1.165) is 24.4 Å². The normalized spacial score (nSPS) is 20.2. The molecule has 118 valence electrons. The summed E-state index contributed by atoms with van der Waals surface area (Å²) in [6.07, 6.45) is 7.40. The predicted molar refractivity (Wildman–Crippen MR) is 89.7 cm³/mol. The molecule has 0 radical (unpaired) electrons. The summed E-state index contributed by atoms with van der Waals surface area (Å²) >= 11 is 6.32. The predicted octanol–water partition coefficient (Wildman–Crippen LogP) is 4.67. The Hall–Kier alpha value is -0.570. The largest absolute Gasteiger partial charge is 0.396 e. The van der Waals surface area contributed by atoms with E-state index in [4.69, 9.17) is 11.6 Å². The molecular formula is C18H28ClNO. The van der Waals surface area contributed by atoms with Crippen LogP contribution in [0.2, 0.25) is 5.02 Å². The lowest BCUT2D eigenvalue weighted by Crippen LogP contribution is -2.39. The van der Waals surface area contributed by atoms with Crippen LogP contribution in [0.25, 0.3) is 0 Å². The lowest BCUT2D eigenvalue weighted by Gasteiger charge is -2.37. The van der Waals surface area contributed by atoms with Gasteiger partial charge < -0.3 is 5.11 Å². The van der Waals surface area contributed by atoms with E-state index in [1.54, 1.807) is 0 Å². The van der Waals surface area contributed by atoms with E-state index in [1.165, 1.54) is 31.2 Å². The quantitative estimate of drug-likeness (QED) is 0.799. The molecule has 3 heteroatoms. The fourth-order valence-corrected chi connectivity index (χ4v) is 3.86. The van der Waals surface area contributed by atoms with Crippen LogP contribution < -0.4 is 0 Å². The molecule has 1 unspecified atom stereocenters. The van der Waals surface area contributed by atoms with Gasteiger partial charge in [-0.2, -0.15) is 0 Å². The van der Waals surface area contributed by atoms with E-state index in [0.29, 0.717) is 6.61 Å². The Bertz CT molecular complexity index is 441. The van der Waals surface area contributed by atoms with Crippen molar-refractivity contribution >= 4 is 11.6 Å². The first-order valence-electron chi connectivity index (χ1n) is 8.13. The molecule has 1 aromatic rings. The zero-order chi connectivity index (χ0) is 15.3. The fraction of sp³-hybridized carbons (Fsp3) is 0.667. The second-order valence-electron chi connectivity index (χ2n) is 6.68. The van der Waals surface area contributed by atoms with E-state index in [2.05, 4.69) is 24.9 Å². The highest BCUT2D eigenvalue weighted by atomic mass is 35.5. The highest BCUT2D eigenvalue weighted by molar-refractivity contribution is 6.31. The van der Waals surface area contributed by atoms with Gasteiger partial charge in [0.25, 0.3) is 0 Å². The van der Waals surface area contributed by atoms with Crippen molar-refractivity contribution in [2.24, 2.45) is 5.41 Å². The third kappa shape index (κ3) is 4.21. The van der Waals surface area contributed by atoms with Crippen LogP contribution in [-0.4, -0.2) is 30.2 Å². The molecule has 2 rings (SSSR count). The lowest BCUT2D eigenvalue weighted by atomic mass is 9.80. The second kappa shape index (κ2) is 7.62. The Balaban J connectivity index is 2.08. The monoisotopic (exact) mass is 309 g/mol. The molecule has 0 spiro atoms. The molecule has 1 N–H and O–H groups in total. The van der Waals surface area contributed by atoms with Crippen molar-refractivity contribution in [1.82, 2.24) is 4.90 Å². The van der Waals surface area contributed by atoms with Crippen LogP contribution in [0.3, 0.4) is 0 Å². The SMILES string of the molecule is CC(c1ccccc1Cl)N(C)CC1(CO)CCCCCC1. The van der Waals surface area contributed by atoms with Crippen molar-refractivity contribution in [3.05, 3.63) is 34.9 Å². The minimum atomic E-state index is 0.0702. The van der Waals surface area contributed by atoms with Crippen molar-refractivity contribution in [2.75, 3.05) is 20.2 Å². The molecule has 1 fully saturated rings. The van der Waals surface area contributed by atoms with Crippen LogP contribution in [0, 0.1) is 5.41 Å². The van der Waals surface area contributed by atoms with Gasteiger partial charge in [-0.1, -0.05) is 55.5 Å². The molecule has 1 saturated carbocycles. The third-order valence-electron chi connectivity index (χ3n) is 5.10. The lowest BCUT2D eigenvalue weighted by molar-refractivity contribution is 0.0560. The van der Waals surface area contributed by atoms with Gasteiger partial charge in [0.2, 0.25) is 0 Å². The number of aliphatic hydroxyl groups is 1. The fourth-order valence-electron chi connectivity index (χ4n) is 3.56. The summed E-state index contributed by atoms with van der Waals surface area (Å²) < 4.78 is 0. The Morgan fingerprint density at radius 1 is 1.19 bits per heavy atom. The average molecular weight is 310 g/mol. The van der Waals surface area contributed by atoms with E-state index < -0.39 is 0 Å². The van der Waals surface area contributed by atoms with Crippen LogP contribution in [0.15, 0.2) is 24.3 Å². The molecule has 0 heterocycles. The summed E-state index contributed by atoms with van der Waals surface area (Å²) in [4.78, 5) is 2.35. The summed E-state index contributed by atoms with van der Waals surface area (Å²) in [5.74, 6) is 0. The minimum Gasteiger partial charge on any atom is -0.396 e. The maximum absolute atomic E-state index is 9.97. The molecule has 0 amide bonds. The van der Waals surface area contributed by atoms with Gasteiger partial charge in [-0.05, 0) is 38.4 Å². The number of rotatable bonds is 5. The first kappa shape index (κ1) is 16.8. The zero-order valence-corrected chi connectivity index (χ0v) is 14.1. The highest BCUT2D eigenvalue weighted by Crippen LogP contribution is 2.37. The van der Waals surface area contributed by atoms with Gasteiger partial charge in [0.15, 0.2) is 0 Å². The Labute approximate surface area is 134 Å². The molecule has 1 aliphatic carbocycles. The first-order chi connectivity index (χ1) is 10.1. The summed E-state index contributed by atoms with van der Waals surface area (Å²) in [7, 11) is 2.15. The standard InChI is InChI=1S/C18H28ClNO/c1-15(16-9-5-6-10-17(16)19)20(2)13-18(14-21)11-7-3-4-8-12-18/h5-6,9-10,15,21H,3-4,7-8,11-14H2,1-2H3. The molecule has 1 aliphatic rings. The Morgan fingerprint density at radius 2 is 1.81 bits per heavy atom. The Morgan fingerprint density at radius 3 is 2.38 bits per heavy atom. The summed E-state index contributed by atoms with van der Waals surface area (Å²) in [5.41, 5.74) is 1.24. The number of benzene rings is 1. The van der Waals surface area contributed by atoms with Crippen LogP contribution in [-0.2, 0) is 0 Å². The molecule has 2 nitrogen and oxygen atoms in total. The van der Waals surface area contributed by atoms with Gasteiger partial charge in [0, 0.05) is 29.6 Å². The van der Waals surface area contributed by atoms with Crippen molar-refractivity contribution in [3.8, 4) is 0 Å². The van der Waals surface area contributed by atoms with Crippen molar-refractivity contribution < 1.29 is 5.11 Å². The van der Waals surface area contributed by atoms with Gasteiger partial charge in [0.1, 0.15) is 0 Å². The first-order valence-corrected chi connectivity index (χ1v) is 8.51. The number of aliphatic hydroxyl groups excluding tert-OH is 1. The van der Waals surface area contributed by atoms with E-state index in [-0.39, 0.29) is 11.5 Å². The number of hydrogen-bond acceptors (Lipinski definition) is 2. The summed E-state index contributed by atoms with van der Waals surface area (Å²) in [6.45, 7) is 3.44. The molecular weight excluding hydrogens is 282 g/mol. The second-order valence-corrected chi connectivity index (χ2v) is 7.09. The van der Waals surface area contributed by atoms with Crippen molar-refractivity contribution in [1.29, 1.82) is 0 Å². The molecule has 1 aromatic carbocycles. The van der Waals surface area contributed by atoms with Gasteiger partial charge >= 0.3 is 0 Å². The van der Waals surface area contributed by atoms with Crippen LogP contribution >= 0.6 is 11.6 Å². The van der Waals surface area contributed by atoms with Crippen molar-refractivity contribution in [3.63, 3.8) is 0 Å². The molecule has 0 saturated heterocycles. The smallest absolute Gasteiger partial charge is 0.0499 e. The molecule has 21 heavy (non-hydrogen) atoms. The van der Waals surface area contributed by atoms with Gasteiger partial charge in [-0.3, -0.25) is 4.90 Å². The minimum absolute atomic E-state index is 0.0702. The number of halogens is 1. The van der Waals surface area contributed by atoms with E-state index in [9.17, 15) is 5.11 Å².